The van der Waals surface area contributed by atoms with E-state index in [2.05, 4.69) is 10.5 Å². The summed E-state index contributed by atoms with van der Waals surface area (Å²) in [5.41, 5.74) is 5.32. The van der Waals surface area contributed by atoms with E-state index in [1.807, 2.05) is 50.2 Å². The average molecular weight is 317 g/mol. The molecule has 2 rings (SSSR count). The third-order valence-corrected chi connectivity index (χ3v) is 3.21. The molecule has 0 atom stereocenters. The summed E-state index contributed by atoms with van der Waals surface area (Å²) in [4.78, 5) is 11.7. The van der Waals surface area contributed by atoms with Gasteiger partial charge in [-0.05, 0) is 43.2 Å². The van der Waals surface area contributed by atoms with Crippen LogP contribution in [0, 0.1) is 13.8 Å². The second kappa shape index (κ2) is 7.61. The Balaban J connectivity index is 1.84. The maximum Gasteiger partial charge on any atom is 0.277 e. The molecule has 1 amide bonds. The Morgan fingerprint density at radius 2 is 1.91 bits per heavy atom. The number of nitrogens with zero attached hydrogens (tertiary/aromatic N) is 1. The zero-order valence-electron chi connectivity index (χ0n) is 12.5. The number of carbonyl (C=O) groups excluding carboxylic acids is 1. The Morgan fingerprint density at radius 3 is 2.59 bits per heavy atom. The summed E-state index contributed by atoms with van der Waals surface area (Å²) in [6.45, 7) is 3.87. The maximum absolute atomic E-state index is 11.7. The number of hydrazone groups is 1. The highest BCUT2D eigenvalue weighted by Crippen LogP contribution is 2.16. The van der Waals surface area contributed by atoms with Crippen molar-refractivity contribution in [1.29, 1.82) is 0 Å². The van der Waals surface area contributed by atoms with Crippen LogP contribution in [0.2, 0.25) is 5.02 Å². The van der Waals surface area contributed by atoms with E-state index in [1.165, 1.54) is 6.21 Å². The van der Waals surface area contributed by atoms with Gasteiger partial charge in [0, 0.05) is 10.6 Å². The van der Waals surface area contributed by atoms with Crippen molar-refractivity contribution in [3.8, 4) is 5.75 Å². The largest absolute Gasteiger partial charge is 0.484 e. The molecule has 0 bridgehead atoms. The van der Waals surface area contributed by atoms with Crippen molar-refractivity contribution < 1.29 is 9.53 Å². The van der Waals surface area contributed by atoms with Crippen LogP contribution in [0.5, 0.6) is 5.75 Å². The standard InChI is InChI=1S/C17H17ClN2O2/c1-12-7-13(2)9-15(8-12)22-11-17(21)20-19-10-14-5-3-4-6-16(14)18/h3-10H,11H2,1-2H3,(H,20,21)/b19-10-. The number of halogens is 1. The summed E-state index contributed by atoms with van der Waals surface area (Å²) in [5.74, 6) is 0.338. The molecule has 2 aromatic carbocycles. The highest BCUT2D eigenvalue weighted by Gasteiger charge is 2.02. The number of carbonyl (C=O) groups is 1. The Kier molecular flexibility index (Phi) is 5.55. The van der Waals surface area contributed by atoms with E-state index in [0.717, 1.165) is 16.7 Å². The smallest absolute Gasteiger partial charge is 0.277 e. The van der Waals surface area contributed by atoms with Gasteiger partial charge in [-0.15, -0.1) is 0 Å². The summed E-state index contributed by atoms with van der Waals surface area (Å²) >= 11 is 5.98. The van der Waals surface area contributed by atoms with E-state index in [9.17, 15) is 4.79 Å². The van der Waals surface area contributed by atoms with Gasteiger partial charge in [0.05, 0.1) is 6.21 Å². The highest BCUT2D eigenvalue weighted by atomic mass is 35.5. The van der Waals surface area contributed by atoms with Crippen LogP contribution >= 0.6 is 11.6 Å². The van der Waals surface area contributed by atoms with Crippen molar-refractivity contribution in [2.24, 2.45) is 5.10 Å². The molecule has 0 fully saturated rings. The van der Waals surface area contributed by atoms with E-state index in [1.54, 1.807) is 6.07 Å². The molecule has 0 saturated carbocycles. The number of amides is 1. The SMILES string of the molecule is Cc1cc(C)cc(OCC(=O)N/N=C\c2ccccc2Cl)c1. The molecule has 5 heteroatoms. The van der Waals surface area contributed by atoms with Crippen molar-refractivity contribution in [1.82, 2.24) is 5.43 Å². The third kappa shape index (κ3) is 4.90. The molecular formula is C17H17ClN2O2. The van der Waals surface area contributed by atoms with Gasteiger partial charge in [0.2, 0.25) is 0 Å². The maximum atomic E-state index is 11.7. The minimum absolute atomic E-state index is 0.0945. The Bertz CT molecular complexity index is 679. The molecule has 0 aliphatic carbocycles. The van der Waals surface area contributed by atoms with Crippen LogP contribution in [0.15, 0.2) is 47.6 Å². The second-order valence-electron chi connectivity index (χ2n) is 4.93. The fourth-order valence-corrected chi connectivity index (χ4v) is 2.14. The molecular weight excluding hydrogens is 300 g/mol. The number of ether oxygens (including phenoxy) is 1. The van der Waals surface area contributed by atoms with Gasteiger partial charge >= 0.3 is 0 Å². The van der Waals surface area contributed by atoms with Crippen molar-refractivity contribution in [2.45, 2.75) is 13.8 Å². The molecule has 0 unspecified atom stereocenters. The molecule has 1 N–H and O–H groups in total. The fourth-order valence-electron chi connectivity index (χ4n) is 1.95. The van der Waals surface area contributed by atoms with Crippen molar-refractivity contribution >= 4 is 23.7 Å². The first-order valence-electron chi connectivity index (χ1n) is 6.82. The highest BCUT2D eigenvalue weighted by molar-refractivity contribution is 6.33. The first-order valence-corrected chi connectivity index (χ1v) is 7.20. The molecule has 2 aromatic rings. The van der Waals surface area contributed by atoms with E-state index in [0.29, 0.717) is 10.8 Å². The van der Waals surface area contributed by atoms with Crippen LogP contribution in [0.4, 0.5) is 0 Å². The van der Waals surface area contributed by atoms with Gasteiger partial charge in [0.25, 0.3) is 5.91 Å². The molecule has 0 aliphatic heterocycles. The van der Waals surface area contributed by atoms with Crippen LogP contribution in [-0.4, -0.2) is 18.7 Å². The molecule has 22 heavy (non-hydrogen) atoms. The van der Waals surface area contributed by atoms with Gasteiger partial charge in [0.1, 0.15) is 5.75 Å². The number of rotatable bonds is 5. The van der Waals surface area contributed by atoms with Crippen LogP contribution in [0.25, 0.3) is 0 Å². The minimum Gasteiger partial charge on any atom is -0.484 e. The number of nitrogens with one attached hydrogen (secondary N) is 1. The van der Waals surface area contributed by atoms with E-state index >= 15 is 0 Å². The average Bonchev–Trinajstić information content (AvgIpc) is 2.46. The van der Waals surface area contributed by atoms with Crippen LogP contribution in [0.3, 0.4) is 0 Å². The summed E-state index contributed by atoms with van der Waals surface area (Å²) in [5, 5.41) is 4.44. The normalized spacial score (nSPS) is 10.7. The predicted octanol–water partition coefficient (Wildman–Crippen LogP) is 3.49. The Labute approximate surface area is 134 Å². The van der Waals surface area contributed by atoms with Gasteiger partial charge < -0.3 is 4.74 Å². The lowest BCUT2D eigenvalue weighted by Crippen LogP contribution is -2.24. The molecule has 0 radical (unpaired) electrons. The summed E-state index contributed by atoms with van der Waals surface area (Å²) in [6, 6.07) is 13.0. The van der Waals surface area contributed by atoms with Gasteiger partial charge in [-0.3, -0.25) is 4.79 Å². The van der Waals surface area contributed by atoms with Gasteiger partial charge in [0.15, 0.2) is 6.61 Å². The Morgan fingerprint density at radius 1 is 1.23 bits per heavy atom. The van der Waals surface area contributed by atoms with Crippen molar-refractivity contribution in [3.05, 3.63) is 64.2 Å². The fraction of sp³-hybridized carbons (Fsp3) is 0.176. The zero-order valence-corrected chi connectivity index (χ0v) is 13.2. The molecule has 0 heterocycles. The minimum atomic E-state index is -0.331. The van der Waals surface area contributed by atoms with Crippen LogP contribution < -0.4 is 10.2 Å². The van der Waals surface area contributed by atoms with Gasteiger partial charge in [-0.2, -0.15) is 5.10 Å². The number of aryl methyl sites for hydroxylation is 2. The molecule has 0 aliphatic rings. The molecule has 0 aromatic heterocycles. The first kappa shape index (κ1) is 16.0. The third-order valence-electron chi connectivity index (χ3n) is 2.86. The predicted molar refractivity (Wildman–Crippen MR) is 88.6 cm³/mol. The first-order chi connectivity index (χ1) is 10.5. The van der Waals surface area contributed by atoms with Crippen molar-refractivity contribution in [2.75, 3.05) is 6.61 Å². The van der Waals surface area contributed by atoms with Crippen LogP contribution in [-0.2, 0) is 4.79 Å². The number of hydrogen-bond donors (Lipinski definition) is 1. The number of benzene rings is 2. The quantitative estimate of drug-likeness (QED) is 0.678. The zero-order chi connectivity index (χ0) is 15.9. The topological polar surface area (TPSA) is 50.7 Å². The van der Waals surface area contributed by atoms with Crippen LogP contribution in [0.1, 0.15) is 16.7 Å². The van der Waals surface area contributed by atoms with E-state index < -0.39 is 0 Å². The summed E-state index contributed by atoms with van der Waals surface area (Å²) in [6.07, 6.45) is 1.50. The lowest BCUT2D eigenvalue weighted by molar-refractivity contribution is -0.123. The van der Waals surface area contributed by atoms with E-state index in [-0.39, 0.29) is 12.5 Å². The van der Waals surface area contributed by atoms with Crippen molar-refractivity contribution in [3.63, 3.8) is 0 Å². The van der Waals surface area contributed by atoms with E-state index in [4.69, 9.17) is 16.3 Å². The molecule has 0 spiro atoms. The Hall–Kier alpha value is -2.33. The second-order valence-corrected chi connectivity index (χ2v) is 5.33. The summed E-state index contributed by atoms with van der Waals surface area (Å²) in [7, 11) is 0. The van der Waals surface area contributed by atoms with Gasteiger partial charge in [-0.1, -0.05) is 35.9 Å². The monoisotopic (exact) mass is 316 g/mol. The lowest BCUT2D eigenvalue weighted by atomic mass is 10.1. The lowest BCUT2D eigenvalue weighted by Gasteiger charge is -2.07. The molecule has 4 nitrogen and oxygen atoms in total. The number of hydrogen-bond acceptors (Lipinski definition) is 3. The van der Waals surface area contributed by atoms with Gasteiger partial charge in [-0.25, -0.2) is 5.43 Å². The molecule has 0 saturated heterocycles. The summed E-state index contributed by atoms with van der Waals surface area (Å²) < 4.78 is 5.44. The molecule has 114 valence electrons.